The van der Waals surface area contributed by atoms with E-state index in [1.807, 2.05) is 13.0 Å². The molecule has 1 N–H and O–H groups in total. The molecule has 0 bridgehead atoms. The zero-order chi connectivity index (χ0) is 7.98. The van der Waals surface area contributed by atoms with Crippen LogP contribution in [-0.4, -0.2) is 5.26 Å². The summed E-state index contributed by atoms with van der Waals surface area (Å²) in [5.74, 6) is 0.468. The van der Waals surface area contributed by atoms with E-state index in [2.05, 4.69) is 11.5 Å². The molecule has 10 heavy (non-hydrogen) atoms. The summed E-state index contributed by atoms with van der Waals surface area (Å²) in [4.78, 5) is 3.95. The molecule has 0 atom stereocenters. The lowest BCUT2D eigenvalue weighted by Crippen LogP contribution is -1.79. The molecule has 0 rings (SSSR count). The number of rotatable bonds is 3. The van der Waals surface area contributed by atoms with Crippen molar-refractivity contribution in [3.63, 3.8) is 0 Å². The van der Waals surface area contributed by atoms with E-state index < -0.39 is 0 Å². The second kappa shape index (κ2) is 4.82. The Morgan fingerprint density at radius 1 is 1.50 bits per heavy atom. The van der Waals surface area contributed by atoms with Crippen molar-refractivity contribution in [3.8, 4) is 0 Å². The lowest BCUT2D eigenvalue weighted by atomic mass is 10.2. The molecule has 0 aliphatic rings. The molecule has 0 aliphatic heterocycles. The van der Waals surface area contributed by atoms with Crippen molar-refractivity contribution in [2.45, 2.75) is 13.8 Å². The van der Waals surface area contributed by atoms with Crippen LogP contribution in [0.1, 0.15) is 13.8 Å². The minimum absolute atomic E-state index is 0.468. The van der Waals surface area contributed by atoms with Crippen molar-refractivity contribution >= 4 is 0 Å². The van der Waals surface area contributed by atoms with Crippen molar-refractivity contribution in [2.24, 2.45) is 0 Å². The summed E-state index contributed by atoms with van der Waals surface area (Å²) < 4.78 is 0. The highest BCUT2D eigenvalue weighted by Gasteiger charge is 1.85. The monoisotopic (exact) mass is 140 g/mol. The Kier molecular flexibility index (Phi) is 4.33. The molecular weight excluding hydrogens is 128 g/mol. The molecule has 0 aliphatic carbocycles. The van der Waals surface area contributed by atoms with E-state index in [0.717, 1.165) is 5.57 Å². The fourth-order valence-electron chi connectivity index (χ4n) is 0.581. The SMILES string of the molecule is C=C/C=C(C)\C=C(/C)OO. The molecule has 0 aromatic rings. The van der Waals surface area contributed by atoms with Crippen LogP contribution in [0.3, 0.4) is 0 Å². The summed E-state index contributed by atoms with van der Waals surface area (Å²) in [6, 6.07) is 0. The first-order chi connectivity index (χ1) is 4.70. The fraction of sp³-hybridized carbons (Fsp3) is 0.250. The van der Waals surface area contributed by atoms with Gasteiger partial charge in [-0.25, -0.2) is 5.26 Å². The van der Waals surface area contributed by atoms with Crippen LogP contribution in [0.4, 0.5) is 0 Å². The van der Waals surface area contributed by atoms with Crippen LogP contribution in [0.15, 0.2) is 36.1 Å². The number of allylic oxidation sites excluding steroid dienone is 5. The van der Waals surface area contributed by atoms with Crippen molar-refractivity contribution < 1.29 is 10.1 Å². The normalized spacial score (nSPS) is 13.1. The minimum Gasteiger partial charge on any atom is -0.345 e. The van der Waals surface area contributed by atoms with Crippen LogP contribution in [0.5, 0.6) is 0 Å². The Bertz CT molecular complexity index is 166. The Labute approximate surface area is 61.1 Å². The van der Waals surface area contributed by atoms with E-state index in [0.29, 0.717) is 5.76 Å². The molecule has 56 valence electrons. The molecule has 2 heteroatoms. The molecule has 0 aromatic heterocycles. The quantitative estimate of drug-likeness (QED) is 0.282. The zero-order valence-corrected chi connectivity index (χ0v) is 6.29. The standard InChI is InChI=1S/C8H12O2/c1-4-5-7(2)6-8(3)10-9/h4-6,9H,1H2,2-3H3/b7-5-,8-6+. The molecular formula is C8H12O2. The molecule has 0 radical (unpaired) electrons. The van der Waals surface area contributed by atoms with Crippen molar-refractivity contribution in [1.29, 1.82) is 0 Å². The Hall–Kier alpha value is -1.02. The molecule has 0 heterocycles. The zero-order valence-electron chi connectivity index (χ0n) is 6.29. The molecule has 0 amide bonds. The Morgan fingerprint density at radius 3 is 2.50 bits per heavy atom. The van der Waals surface area contributed by atoms with E-state index in [1.54, 1.807) is 19.1 Å². The van der Waals surface area contributed by atoms with Crippen LogP contribution in [-0.2, 0) is 4.89 Å². The van der Waals surface area contributed by atoms with E-state index in [4.69, 9.17) is 5.26 Å². The van der Waals surface area contributed by atoms with Gasteiger partial charge < -0.3 is 4.89 Å². The van der Waals surface area contributed by atoms with E-state index >= 15 is 0 Å². The van der Waals surface area contributed by atoms with Crippen LogP contribution < -0.4 is 0 Å². The van der Waals surface area contributed by atoms with Gasteiger partial charge in [0, 0.05) is 0 Å². The smallest absolute Gasteiger partial charge is 0.139 e. The molecule has 0 saturated heterocycles. The highest BCUT2D eigenvalue weighted by atomic mass is 17.1. The maximum atomic E-state index is 8.13. The summed E-state index contributed by atoms with van der Waals surface area (Å²) in [5, 5.41) is 8.13. The summed E-state index contributed by atoms with van der Waals surface area (Å²) >= 11 is 0. The third-order valence-corrected chi connectivity index (χ3v) is 0.956. The predicted molar refractivity (Wildman–Crippen MR) is 41.4 cm³/mol. The molecule has 0 aromatic carbocycles. The topological polar surface area (TPSA) is 29.5 Å². The van der Waals surface area contributed by atoms with Crippen molar-refractivity contribution in [1.82, 2.24) is 0 Å². The lowest BCUT2D eigenvalue weighted by molar-refractivity contribution is -0.202. The van der Waals surface area contributed by atoms with Gasteiger partial charge in [-0.2, -0.15) is 0 Å². The van der Waals surface area contributed by atoms with Crippen LogP contribution in [0.25, 0.3) is 0 Å². The predicted octanol–water partition coefficient (Wildman–Crippen LogP) is 2.51. The first-order valence-electron chi connectivity index (χ1n) is 2.99. The summed E-state index contributed by atoms with van der Waals surface area (Å²) in [6.07, 6.45) is 5.21. The average Bonchev–Trinajstić information content (AvgIpc) is 1.88. The van der Waals surface area contributed by atoms with Gasteiger partial charge in [0.25, 0.3) is 0 Å². The molecule has 2 nitrogen and oxygen atoms in total. The summed E-state index contributed by atoms with van der Waals surface area (Å²) in [5.41, 5.74) is 0.988. The van der Waals surface area contributed by atoms with Gasteiger partial charge in [-0.3, -0.25) is 0 Å². The average molecular weight is 140 g/mol. The fourth-order valence-corrected chi connectivity index (χ4v) is 0.581. The van der Waals surface area contributed by atoms with Gasteiger partial charge in [0.05, 0.1) is 0 Å². The second-order valence-electron chi connectivity index (χ2n) is 1.99. The van der Waals surface area contributed by atoms with E-state index in [1.165, 1.54) is 0 Å². The number of hydrogen-bond donors (Lipinski definition) is 1. The van der Waals surface area contributed by atoms with Crippen LogP contribution in [0, 0.1) is 0 Å². The minimum atomic E-state index is 0.468. The maximum absolute atomic E-state index is 8.13. The molecule has 0 fully saturated rings. The molecule has 0 spiro atoms. The first kappa shape index (κ1) is 8.98. The van der Waals surface area contributed by atoms with E-state index in [-0.39, 0.29) is 0 Å². The largest absolute Gasteiger partial charge is 0.345 e. The lowest BCUT2D eigenvalue weighted by Gasteiger charge is -1.93. The highest BCUT2D eigenvalue weighted by Crippen LogP contribution is 2.00. The maximum Gasteiger partial charge on any atom is 0.139 e. The Balaban J connectivity index is 4.11. The van der Waals surface area contributed by atoms with Crippen LogP contribution >= 0.6 is 0 Å². The van der Waals surface area contributed by atoms with Crippen molar-refractivity contribution in [2.75, 3.05) is 0 Å². The molecule has 0 saturated carbocycles. The highest BCUT2D eigenvalue weighted by molar-refractivity contribution is 5.21. The van der Waals surface area contributed by atoms with Gasteiger partial charge in [0.15, 0.2) is 0 Å². The van der Waals surface area contributed by atoms with Gasteiger partial charge >= 0.3 is 0 Å². The van der Waals surface area contributed by atoms with E-state index in [9.17, 15) is 0 Å². The summed E-state index contributed by atoms with van der Waals surface area (Å²) in [7, 11) is 0. The van der Waals surface area contributed by atoms with Gasteiger partial charge in [-0.05, 0) is 25.5 Å². The van der Waals surface area contributed by atoms with Gasteiger partial charge in [-0.15, -0.1) is 0 Å². The second-order valence-corrected chi connectivity index (χ2v) is 1.99. The summed E-state index contributed by atoms with van der Waals surface area (Å²) in [6.45, 7) is 7.08. The Morgan fingerprint density at radius 2 is 2.10 bits per heavy atom. The molecule has 0 unspecified atom stereocenters. The van der Waals surface area contributed by atoms with Gasteiger partial charge in [0.1, 0.15) is 5.76 Å². The van der Waals surface area contributed by atoms with Gasteiger partial charge in [0.2, 0.25) is 0 Å². The number of hydrogen-bond acceptors (Lipinski definition) is 2. The van der Waals surface area contributed by atoms with Crippen LogP contribution in [0.2, 0.25) is 0 Å². The third-order valence-electron chi connectivity index (χ3n) is 0.956. The third kappa shape index (κ3) is 3.92. The van der Waals surface area contributed by atoms with Crippen molar-refractivity contribution in [3.05, 3.63) is 36.1 Å². The van der Waals surface area contributed by atoms with Gasteiger partial charge in [-0.1, -0.05) is 18.7 Å². The first-order valence-corrected chi connectivity index (χ1v) is 2.99.